The Morgan fingerprint density at radius 2 is 1.38 bits per heavy atom. The van der Waals surface area contributed by atoms with Crippen LogP contribution in [0.15, 0.2) is 0 Å². The van der Waals surface area contributed by atoms with Gasteiger partial charge in [0.1, 0.15) is 18.3 Å². The van der Waals surface area contributed by atoms with E-state index < -0.39 is 30.7 Å². The normalized spacial score (nSPS) is 30.6. The van der Waals surface area contributed by atoms with Gasteiger partial charge in [0.15, 0.2) is 6.29 Å². The average molecular weight is 347 g/mol. The van der Waals surface area contributed by atoms with Crippen LogP contribution >= 0.6 is 0 Å². The van der Waals surface area contributed by atoms with Gasteiger partial charge >= 0.3 is 0 Å². The number of unbranched alkanes of at least 4 members (excludes halogenated alkanes) is 9. The molecule has 1 rings (SSSR count). The van der Waals surface area contributed by atoms with Gasteiger partial charge in [-0.1, -0.05) is 64.7 Å². The van der Waals surface area contributed by atoms with E-state index in [-0.39, 0.29) is 0 Å². The zero-order valence-electron chi connectivity index (χ0n) is 15.8. The van der Waals surface area contributed by atoms with Crippen LogP contribution in [0.25, 0.3) is 0 Å². The Hall–Kier alpha value is -0.200. The summed E-state index contributed by atoms with van der Waals surface area (Å²) in [7, 11) is 1.48. The van der Waals surface area contributed by atoms with E-state index >= 15 is 0 Å². The molecule has 2 N–H and O–H groups in total. The molecule has 5 heteroatoms. The summed E-state index contributed by atoms with van der Waals surface area (Å²) in [4.78, 5) is 0. The molecule has 0 bridgehead atoms. The van der Waals surface area contributed by atoms with E-state index in [4.69, 9.17) is 14.2 Å². The molecule has 1 aliphatic rings. The zero-order chi connectivity index (χ0) is 17.8. The van der Waals surface area contributed by atoms with Crippen LogP contribution < -0.4 is 0 Å². The maximum absolute atomic E-state index is 10.1. The maximum Gasteiger partial charge on any atom is 0.186 e. The van der Waals surface area contributed by atoms with Crippen molar-refractivity contribution in [2.24, 2.45) is 0 Å². The Kier molecular flexibility index (Phi) is 11.9. The predicted octanol–water partition coefficient (Wildman–Crippen LogP) is 3.41. The highest BCUT2D eigenvalue weighted by atomic mass is 16.7. The second-order valence-electron chi connectivity index (χ2n) is 6.94. The average Bonchev–Trinajstić information content (AvgIpc) is 2.58. The molecule has 0 aromatic heterocycles. The van der Waals surface area contributed by atoms with Crippen LogP contribution in [0.2, 0.25) is 0 Å². The van der Waals surface area contributed by atoms with E-state index in [1.165, 1.54) is 58.5 Å². The monoisotopic (exact) mass is 346 g/mol. The Labute approximate surface area is 147 Å². The molecule has 0 aromatic rings. The number of hydrogen-bond acceptors (Lipinski definition) is 5. The third-order valence-corrected chi connectivity index (χ3v) is 4.82. The smallest absolute Gasteiger partial charge is 0.186 e. The van der Waals surface area contributed by atoms with Crippen molar-refractivity contribution in [1.29, 1.82) is 0 Å². The van der Waals surface area contributed by atoms with Gasteiger partial charge in [-0.3, -0.25) is 0 Å². The van der Waals surface area contributed by atoms with Crippen LogP contribution in [0.4, 0.5) is 0 Å². The minimum atomic E-state index is -0.954. The molecule has 0 amide bonds. The van der Waals surface area contributed by atoms with Crippen LogP contribution in [0, 0.1) is 0 Å². The lowest BCUT2D eigenvalue weighted by Crippen LogP contribution is -2.58. The van der Waals surface area contributed by atoms with Gasteiger partial charge in [-0.25, -0.2) is 0 Å². The fraction of sp³-hybridized carbons (Fsp3) is 1.00. The van der Waals surface area contributed by atoms with Gasteiger partial charge in [0.2, 0.25) is 0 Å². The summed E-state index contributed by atoms with van der Waals surface area (Å²) < 4.78 is 16.2. The number of aliphatic hydroxyl groups is 2. The molecule has 24 heavy (non-hydrogen) atoms. The highest BCUT2D eigenvalue weighted by Gasteiger charge is 2.43. The van der Waals surface area contributed by atoms with Crippen LogP contribution in [0.3, 0.4) is 0 Å². The van der Waals surface area contributed by atoms with Crippen LogP contribution in [-0.4, -0.2) is 54.6 Å². The standard InChI is InChI=1S/C19H38O5/c1-4-5-6-7-8-9-10-11-12-13-14-23-18-16(20)15(2)24-19(22-3)17(18)21/h15-21H,4-14H2,1-3H3/t15-,16-,17+,18+,19+/m0/s1. The number of aliphatic hydroxyl groups excluding tert-OH is 2. The molecule has 1 saturated heterocycles. The first kappa shape index (κ1) is 21.8. The number of methoxy groups -OCH3 is 1. The first-order chi connectivity index (χ1) is 11.6. The lowest BCUT2D eigenvalue weighted by atomic mass is 9.99. The molecule has 1 heterocycles. The van der Waals surface area contributed by atoms with Gasteiger partial charge < -0.3 is 24.4 Å². The molecule has 144 valence electrons. The minimum Gasteiger partial charge on any atom is -0.388 e. The third kappa shape index (κ3) is 7.79. The van der Waals surface area contributed by atoms with Crippen LogP contribution in [-0.2, 0) is 14.2 Å². The Bertz CT molecular complexity index is 299. The van der Waals surface area contributed by atoms with E-state index in [0.29, 0.717) is 6.61 Å². The van der Waals surface area contributed by atoms with Crippen molar-refractivity contribution in [3.05, 3.63) is 0 Å². The summed E-state index contributed by atoms with van der Waals surface area (Å²) in [6.45, 7) is 4.56. The fourth-order valence-electron chi connectivity index (χ4n) is 3.20. The van der Waals surface area contributed by atoms with Gasteiger partial charge in [-0.15, -0.1) is 0 Å². The Morgan fingerprint density at radius 3 is 1.92 bits per heavy atom. The van der Waals surface area contributed by atoms with Crippen molar-refractivity contribution in [3.63, 3.8) is 0 Å². The quantitative estimate of drug-likeness (QED) is 0.500. The minimum absolute atomic E-state index is 0.406. The maximum atomic E-state index is 10.1. The molecular weight excluding hydrogens is 308 g/mol. The van der Waals surface area contributed by atoms with E-state index in [1.807, 2.05) is 0 Å². The summed E-state index contributed by atoms with van der Waals surface area (Å²) >= 11 is 0. The summed E-state index contributed by atoms with van der Waals surface area (Å²) in [6, 6.07) is 0. The first-order valence-electron chi connectivity index (χ1n) is 9.77. The molecule has 5 nitrogen and oxygen atoms in total. The van der Waals surface area contributed by atoms with E-state index in [2.05, 4.69) is 6.92 Å². The topological polar surface area (TPSA) is 68.2 Å². The molecule has 5 atom stereocenters. The van der Waals surface area contributed by atoms with Crippen molar-refractivity contribution in [2.45, 2.75) is 109 Å². The molecular formula is C19H38O5. The molecule has 0 radical (unpaired) electrons. The second kappa shape index (κ2) is 13.1. The van der Waals surface area contributed by atoms with Gasteiger partial charge in [0.25, 0.3) is 0 Å². The summed E-state index contributed by atoms with van der Waals surface area (Å²) in [6.07, 6.45) is 9.15. The second-order valence-corrected chi connectivity index (χ2v) is 6.94. The summed E-state index contributed by atoms with van der Waals surface area (Å²) in [5.74, 6) is 0. The van der Waals surface area contributed by atoms with Gasteiger partial charge in [-0.2, -0.15) is 0 Å². The SMILES string of the molecule is CCCCCCCCCCCCO[C@@H]1[C@@H](O)[C@H](C)O[C@@H](OC)[C@@H]1O. The van der Waals surface area contributed by atoms with Crippen molar-refractivity contribution in [2.75, 3.05) is 13.7 Å². The van der Waals surface area contributed by atoms with Crippen molar-refractivity contribution in [1.82, 2.24) is 0 Å². The molecule has 0 spiro atoms. The lowest BCUT2D eigenvalue weighted by Gasteiger charge is -2.40. The van der Waals surface area contributed by atoms with E-state index in [1.54, 1.807) is 6.92 Å². The van der Waals surface area contributed by atoms with Gasteiger partial charge in [-0.05, 0) is 13.3 Å². The van der Waals surface area contributed by atoms with E-state index in [0.717, 1.165) is 12.8 Å². The molecule has 0 aromatic carbocycles. The largest absolute Gasteiger partial charge is 0.388 e. The van der Waals surface area contributed by atoms with Crippen molar-refractivity contribution >= 4 is 0 Å². The summed E-state index contributed by atoms with van der Waals surface area (Å²) in [5.41, 5.74) is 0. The summed E-state index contributed by atoms with van der Waals surface area (Å²) in [5, 5.41) is 20.3. The van der Waals surface area contributed by atoms with Crippen LogP contribution in [0.5, 0.6) is 0 Å². The van der Waals surface area contributed by atoms with E-state index in [9.17, 15) is 10.2 Å². The number of ether oxygens (including phenoxy) is 3. The van der Waals surface area contributed by atoms with Crippen LogP contribution in [0.1, 0.15) is 78.1 Å². The Balaban J connectivity index is 2.05. The highest BCUT2D eigenvalue weighted by Crippen LogP contribution is 2.24. The lowest BCUT2D eigenvalue weighted by molar-refractivity contribution is -0.293. The Morgan fingerprint density at radius 1 is 0.833 bits per heavy atom. The predicted molar refractivity (Wildman–Crippen MR) is 94.9 cm³/mol. The fourth-order valence-corrected chi connectivity index (χ4v) is 3.20. The molecule has 0 unspecified atom stereocenters. The van der Waals surface area contributed by atoms with Crippen molar-refractivity contribution < 1.29 is 24.4 Å². The molecule has 0 aliphatic carbocycles. The van der Waals surface area contributed by atoms with Gasteiger partial charge in [0, 0.05) is 13.7 Å². The zero-order valence-corrected chi connectivity index (χ0v) is 15.8. The first-order valence-corrected chi connectivity index (χ1v) is 9.77. The molecule has 1 aliphatic heterocycles. The molecule has 0 saturated carbocycles. The number of rotatable bonds is 13. The number of hydrogen-bond donors (Lipinski definition) is 2. The van der Waals surface area contributed by atoms with Gasteiger partial charge in [0.05, 0.1) is 6.10 Å². The van der Waals surface area contributed by atoms with Crippen molar-refractivity contribution in [3.8, 4) is 0 Å². The third-order valence-electron chi connectivity index (χ3n) is 4.82. The molecule has 1 fully saturated rings. The highest BCUT2D eigenvalue weighted by molar-refractivity contribution is 4.88.